The minimum absolute atomic E-state index is 0.0663. The molecule has 1 aromatic rings. The van der Waals surface area contributed by atoms with E-state index in [1.165, 1.54) is 60.1 Å². The van der Waals surface area contributed by atoms with Gasteiger partial charge in [0, 0.05) is 41.6 Å². The van der Waals surface area contributed by atoms with Crippen LogP contribution in [0.3, 0.4) is 0 Å². The summed E-state index contributed by atoms with van der Waals surface area (Å²) in [5.41, 5.74) is 5.08. The first kappa shape index (κ1) is 13.8. The lowest BCUT2D eigenvalue weighted by molar-refractivity contribution is -0.933. The summed E-state index contributed by atoms with van der Waals surface area (Å²) in [7, 11) is 2.46. The minimum atomic E-state index is 0.0663. The van der Waals surface area contributed by atoms with Gasteiger partial charge in [0.05, 0.1) is 25.6 Å². The lowest BCUT2D eigenvalue weighted by atomic mass is 9.60. The van der Waals surface area contributed by atoms with Crippen LogP contribution in [0.4, 0.5) is 5.69 Å². The van der Waals surface area contributed by atoms with Crippen LogP contribution in [0.1, 0.15) is 31.7 Å². The van der Waals surface area contributed by atoms with Gasteiger partial charge in [-0.15, -0.1) is 0 Å². The summed E-state index contributed by atoms with van der Waals surface area (Å²) in [4.78, 5) is 12.1. The number of quaternary nitrogens is 1. The quantitative estimate of drug-likeness (QED) is 0.672. The van der Waals surface area contributed by atoms with E-state index in [4.69, 9.17) is 0 Å². The Morgan fingerprint density at radius 1 is 1.39 bits per heavy atom. The monoisotopic (exact) mass is 309 g/mol. The molecule has 23 heavy (non-hydrogen) atoms. The summed E-state index contributed by atoms with van der Waals surface area (Å²) in [6.45, 7) is 4.76. The van der Waals surface area contributed by atoms with E-state index in [9.17, 15) is 4.79 Å². The molecule has 1 spiro atoms. The number of carbonyl (C=O) groups excluding carboxylic acids is 1. The Labute approximate surface area is 138 Å². The first-order valence-corrected chi connectivity index (χ1v) is 9.04. The van der Waals surface area contributed by atoms with Crippen LogP contribution < -0.4 is 5.32 Å². The smallest absolute Gasteiger partial charge is 0.148 e. The highest BCUT2D eigenvalue weighted by molar-refractivity contribution is 5.83. The van der Waals surface area contributed by atoms with Crippen molar-refractivity contribution in [3.05, 3.63) is 41.1 Å². The van der Waals surface area contributed by atoms with Gasteiger partial charge in [0.25, 0.3) is 0 Å². The van der Waals surface area contributed by atoms with Gasteiger partial charge in [0.1, 0.15) is 12.3 Å². The fraction of sp³-hybridized carbons (Fsp3) is 0.550. The first-order chi connectivity index (χ1) is 11.1. The van der Waals surface area contributed by atoms with E-state index < -0.39 is 0 Å². The average Bonchev–Trinajstić information content (AvgIpc) is 3.08. The van der Waals surface area contributed by atoms with Gasteiger partial charge in [-0.25, -0.2) is 0 Å². The number of nitrogens with one attached hydrogen (secondary N) is 1. The van der Waals surface area contributed by atoms with Gasteiger partial charge in [-0.1, -0.05) is 25.1 Å². The van der Waals surface area contributed by atoms with Gasteiger partial charge in [-0.3, -0.25) is 4.79 Å². The van der Waals surface area contributed by atoms with Crippen molar-refractivity contribution in [3.8, 4) is 0 Å². The second kappa shape index (κ2) is 4.27. The molecule has 0 aromatic heterocycles. The number of para-hydroxylation sites is 1. The van der Waals surface area contributed by atoms with Gasteiger partial charge in [0.2, 0.25) is 0 Å². The normalized spacial score (nSPS) is 43.0. The van der Waals surface area contributed by atoms with Gasteiger partial charge in [-0.05, 0) is 18.1 Å². The van der Waals surface area contributed by atoms with Crippen molar-refractivity contribution in [2.24, 2.45) is 11.8 Å². The highest BCUT2D eigenvalue weighted by Crippen LogP contribution is 2.62. The molecule has 0 amide bonds. The summed E-state index contributed by atoms with van der Waals surface area (Å²) < 4.78 is 1.20. The number of allylic oxidation sites excluding steroid dienone is 1. The van der Waals surface area contributed by atoms with Crippen LogP contribution in [0, 0.1) is 11.8 Å². The third kappa shape index (κ3) is 1.43. The summed E-state index contributed by atoms with van der Waals surface area (Å²) in [5.74, 6) is 1.10. The molecule has 3 heterocycles. The molecule has 1 aromatic carbocycles. The third-order valence-electron chi connectivity index (χ3n) is 7.49. The lowest BCUT2D eigenvalue weighted by Crippen LogP contribution is -2.63. The van der Waals surface area contributed by atoms with Crippen LogP contribution in [0.15, 0.2) is 35.5 Å². The predicted molar refractivity (Wildman–Crippen MR) is 91.0 cm³/mol. The second-order valence-corrected chi connectivity index (χ2v) is 8.25. The van der Waals surface area contributed by atoms with Crippen molar-refractivity contribution < 1.29 is 9.28 Å². The molecule has 0 radical (unpaired) electrons. The molecular formula is C20H25N2O+. The molecule has 5 rings (SSSR count). The zero-order valence-electron chi connectivity index (χ0n) is 14.0. The maximum absolute atomic E-state index is 12.1. The van der Waals surface area contributed by atoms with Crippen LogP contribution >= 0.6 is 0 Å². The number of hydrogen-bond acceptors (Lipinski definition) is 2. The van der Waals surface area contributed by atoms with Crippen LogP contribution in [0.2, 0.25) is 0 Å². The van der Waals surface area contributed by atoms with E-state index in [2.05, 4.69) is 43.6 Å². The van der Waals surface area contributed by atoms with Crippen LogP contribution in [0.5, 0.6) is 0 Å². The molecule has 3 heteroatoms. The minimum Gasteiger partial charge on any atom is -0.357 e. The summed E-state index contributed by atoms with van der Waals surface area (Å²) in [6, 6.07) is 9.36. The van der Waals surface area contributed by atoms with Crippen molar-refractivity contribution >= 4 is 12.0 Å². The lowest BCUT2D eigenvalue weighted by Gasteiger charge is -2.53. The standard InChI is InChI=1S/C20H24N2O/c1-3-13-11-22(2)9-8-20-16-6-4-5-7-17(16)21-19(20)15(12-23)14(13)10-18(20)22/h4-7,12-14,18H,3,8-11H2,1-2H3/p+1/t13-,14+,18+,20+,22+/m1/s1. The van der Waals surface area contributed by atoms with Crippen molar-refractivity contribution in [2.75, 3.05) is 25.5 Å². The molecule has 2 saturated heterocycles. The number of rotatable bonds is 2. The molecular weight excluding hydrogens is 284 g/mol. The van der Waals surface area contributed by atoms with Crippen LogP contribution in [-0.4, -0.2) is 36.9 Å². The molecule has 2 bridgehead atoms. The van der Waals surface area contributed by atoms with Crippen LogP contribution in [-0.2, 0) is 10.2 Å². The van der Waals surface area contributed by atoms with Gasteiger partial charge < -0.3 is 9.80 Å². The Balaban J connectivity index is 1.81. The topological polar surface area (TPSA) is 29.1 Å². The molecule has 3 aliphatic heterocycles. The third-order valence-corrected chi connectivity index (χ3v) is 7.49. The van der Waals surface area contributed by atoms with E-state index >= 15 is 0 Å². The highest BCUT2D eigenvalue weighted by atomic mass is 16.1. The molecule has 3 nitrogen and oxygen atoms in total. The van der Waals surface area contributed by atoms with E-state index in [-0.39, 0.29) is 5.41 Å². The second-order valence-electron chi connectivity index (χ2n) is 8.25. The van der Waals surface area contributed by atoms with Gasteiger partial charge in [-0.2, -0.15) is 0 Å². The number of aldehydes is 1. The Kier molecular flexibility index (Phi) is 2.56. The van der Waals surface area contributed by atoms with Gasteiger partial charge >= 0.3 is 0 Å². The Morgan fingerprint density at radius 2 is 2.22 bits per heavy atom. The molecule has 5 atom stereocenters. The average molecular weight is 309 g/mol. The molecule has 120 valence electrons. The number of anilines is 1. The van der Waals surface area contributed by atoms with Crippen LogP contribution in [0.25, 0.3) is 0 Å². The number of nitrogens with zero attached hydrogens (tertiary/aromatic N) is 1. The van der Waals surface area contributed by atoms with Gasteiger partial charge in [0.15, 0.2) is 0 Å². The summed E-state index contributed by atoms with van der Waals surface area (Å²) in [5, 5.41) is 3.68. The molecule has 0 unspecified atom stereocenters. The van der Waals surface area contributed by atoms with E-state index in [0.717, 1.165) is 5.57 Å². The largest absolute Gasteiger partial charge is 0.357 e. The fourth-order valence-corrected chi connectivity index (χ4v) is 6.48. The highest BCUT2D eigenvalue weighted by Gasteiger charge is 2.67. The number of piperidine rings is 1. The molecule has 4 aliphatic rings. The maximum Gasteiger partial charge on any atom is 0.148 e. The summed E-state index contributed by atoms with van der Waals surface area (Å²) >= 11 is 0. The number of fused-ring (bicyclic) bond motifs is 2. The van der Waals surface area contributed by atoms with Crippen molar-refractivity contribution in [2.45, 2.75) is 37.6 Å². The SMILES string of the molecule is CC[C@@H]1C[N@+]2(C)CC[C@@]34C(=C(C=O)[C@H]1C[C@@H]32)Nc1ccccc14. The molecule has 1 aliphatic carbocycles. The van der Waals surface area contributed by atoms with E-state index in [1.807, 2.05) is 0 Å². The Hall–Kier alpha value is -1.61. The Morgan fingerprint density at radius 3 is 3.00 bits per heavy atom. The van der Waals surface area contributed by atoms with Crippen molar-refractivity contribution in [3.63, 3.8) is 0 Å². The molecule has 1 N–H and O–H groups in total. The number of likely N-dealkylation sites (N-methyl/N-ethyl adjacent to an activating group) is 1. The van der Waals surface area contributed by atoms with E-state index in [0.29, 0.717) is 17.9 Å². The van der Waals surface area contributed by atoms with Crippen molar-refractivity contribution in [1.29, 1.82) is 0 Å². The number of benzene rings is 1. The Bertz CT molecular complexity index is 739. The molecule has 0 saturated carbocycles. The van der Waals surface area contributed by atoms with Crippen molar-refractivity contribution in [1.82, 2.24) is 0 Å². The zero-order chi connectivity index (χ0) is 15.8. The fourth-order valence-electron chi connectivity index (χ4n) is 6.48. The zero-order valence-corrected chi connectivity index (χ0v) is 14.0. The number of hydrogen-bond donors (Lipinski definition) is 1. The number of carbonyl (C=O) groups is 1. The predicted octanol–water partition coefficient (Wildman–Crippen LogP) is 3.08. The molecule has 2 fully saturated rings. The summed E-state index contributed by atoms with van der Waals surface area (Å²) in [6.07, 6.45) is 4.71. The maximum atomic E-state index is 12.1. The van der Waals surface area contributed by atoms with E-state index in [1.54, 1.807) is 0 Å². The first-order valence-electron chi connectivity index (χ1n) is 9.04.